The van der Waals surface area contributed by atoms with E-state index in [9.17, 15) is 22.8 Å². The lowest BCUT2D eigenvalue weighted by atomic mass is 10.1. The number of halogens is 3. The summed E-state index contributed by atoms with van der Waals surface area (Å²) in [5.41, 5.74) is 1.80. The zero-order valence-electron chi connectivity index (χ0n) is 15.4. The van der Waals surface area contributed by atoms with Crippen LogP contribution < -0.4 is 10.6 Å². The molecular formula is C20H22F3N3O2. The van der Waals surface area contributed by atoms with Crippen LogP contribution in [0.4, 0.5) is 18.9 Å². The van der Waals surface area contributed by atoms with Crippen LogP contribution in [0.25, 0.3) is 0 Å². The van der Waals surface area contributed by atoms with E-state index in [4.69, 9.17) is 0 Å². The number of nitrogens with one attached hydrogen (secondary N) is 2. The third-order valence-corrected chi connectivity index (χ3v) is 3.90. The molecular weight excluding hydrogens is 371 g/mol. The highest BCUT2D eigenvalue weighted by molar-refractivity contribution is 5.94. The number of rotatable bonds is 8. The van der Waals surface area contributed by atoms with Crippen LogP contribution >= 0.6 is 0 Å². The molecule has 0 unspecified atom stereocenters. The molecule has 0 heterocycles. The van der Waals surface area contributed by atoms with Crippen molar-refractivity contribution in [2.75, 3.05) is 25.5 Å². The van der Waals surface area contributed by atoms with Crippen LogP contribution in [0.15, 0.2) is 54.6 Å². The van der Waals surface area contributed by atoms with Gasteiger partial charge in [0, 0.05) is 30.8 Å². The fourth-order valence-electron chi connectivity index (χ4n) is 2.47. The van der Waals surface area contributed by atoms with Gasteiger partial charge >= 0.3 is 6.18 Å². The number of anilines is 1. The number of alkyl halides is 3. The molecule has 2 N–H and O–H groups in total. The van der Waals surface area contributed by atoms with Crippen LogP contribution in [0.1, 0.15) is 22.3 Å². The first-order valence-corrected chi connectivity index (χ1v) is 8.70. The van der Waals surface area contributed by atoms with Gasteiger partial charge in [-0.3, -0.25) is 9.59 Å². The maximum atomic E-state index is 12.1. The summed E-state index contributed by atoms with van der Waals surface area (Å²) in [6.07, 6.45) is -4.12. The van der Waals surface area contributed by atoms with Gasteiger partial charge in [-0.25, -0.2) is 0 Å². The standard InChI is InChI=1S/C20H22F3N3O2/c1-26(12-11-18(27)25-17-5-3-2-4-6-17)13-15-7-9-16(10-8-15)19(28)24-14-20(21,22)23/h2-10H,11-14H2,1H3,(H,24,28)(H,25,27). The summed E-state index contributed by atoms with van der Waals surface area (Å²) in [4.78, 5) is 25.6. The van der Waals surface area contributed by atoms with Crippen LogP contribution in [-0.4, -0.2) is 43.0 Å². The van der Waals surface area contributed by atoms with Gasteiger partial charge in [0.15, 0.2) is 0 Å². The Morgan fingerprint density at radius 2 is 1.64 bits per heavy atom. The topological polar surface area (TPSA) is 61.4 Å². The molecule has 150 valence electrons. The molecule has 0 spiro atoms. The molecule has 0 atom stereocenters. The molecule has 2 aromatic rings. The third-order valence-electron chi connectivity index (χ3n) is 3.90. The molecule has 28 heavy (non-hydrogen) atoms. The predicted molar refractivity (Wildman–Crippen MR) is 101 cm³/mol. The Labute approximate surface area is 161 Å². The molecule has 0 saturated heterocycles. The number of carbonyl (C=O) groups excluding carboxylic acids is 2. The quantitative estimate of drug-likeness (QED) is 0.722. The molecule has 5 nitrogen and oxygen atoms in total. The average molecular weight is 393 g/mol. The highest BCUT2D eigenvalue weighted by Gasteiger charge is 2.27. The lowest BCUT2D eigenvalue weighted by Crippen LogP contribution is -2.33. The Balaban J connectivity index is 1.76. The van der Waals surface area contributed by atoms with E-state index in [-0.39, 0.29) is 11.5 Å². The number of hydrogen-bond acceptors (Lipinski definition) is 3. The summed E-state index contributed by atoms with van der Waals surface area (Å²) in [6.45, 7) is -0.281. The summed E-state index contributed by atoms with van der Waals surface area (Å²) in [5.74, 6) is -0.857. The molecule has 0 aromatic heterocycles. The van der Waals surface area contributed by atoms with Crippen molar-refractivity contribution in [3.63, 3.8) is 0 Å². The van der Waals surface area contributed by atoms with Crippen LogP contribution in [0, 0.1) is 0 Å². The zero-order valence-corrected chi connectivity index (χ0v) is 15.4. The summed E-state index contributed by atoms with van der Waals surface area (Å²) in [7, 11) is 1.86. The highest BCUT2D eigenvalue weighted by atomic mass is 19.4. The Morgan fingerprint density at radius 3 is 2.25 bits per heavy atom. The van der Waals surface area contributed by atoms with Crippen LogP contribution in [0.5, 0.6) is 0 Å². The zero-order chi connectivity index (χ0) is 20.6. The number of carbonyl (C=O) groups is 2. The SMILES string of the molecule is CN(CCC(=O)Nc1ccccc1)Cc1ccc(C(=O)NCC(F)(F)F)cc1. The normalized spacial score (nSPS) is 11.3. The molecule has 0 radical (unpaired) electrons. The molecule has 0 aliphatic rings. The minimum atomic E-state index is -4.44. The van der Waals surface area contributed by atoms with E-state index >= 15 is 0 Å². The fourth-order valence-corrected chi connectivity index (χ4v) is 2.47. The third kappa shape index (κ3) is 7.79. The second-order valence-corrected chi connectivity index (χ2v) is 6.40. The van der Waals surface area contributed by atoms with Crippen molar-refractivity contribution in [3.8, 4) is 0 Å². The molecule has 0 bridgehead atoms. The second-order valence-electron chi connectivity index (χ2n) is 6.40. The van der Waals surface area contributed by atoms with Gasteiger partial charge in [-0.2, -0.15) is 13.2 Å². The van der Waals surface area contributed by atoms with E-state index < -0.39 is 18.6 Å². The molecule has 0 saturated carbocycles. The van der Waals surface area contributed by atoms with Crippen molar-refractivity contribution in [2.45, 2.75) is 19.1 Å². The number of benzene rings is 2. The van der Waals surface area contributed by atoms with E-state index in [1.165, 1.54) is 12.1 Å². The van der Waals surface area contributed by atoms with E-state index in [0.29, 0.717) is 19.5 Å². The van der Waals surface area contributed by atoms with Gasteiger partial charge in [0.2, 0.25) is 5.91 Å². The minimum absolute atomic E-state index is 0.0882. The van der Waals surface area contributed by atoms with E-state index in [2.05, 4.69) is 5.32 Å². The van der Waals surface area contributed by atoms with Gasteiger partial charge in [0.1, 0.15) is 6.54 Å². The lowest BCUT2D eigenvalue weighted by Gasteiger charge is -2.17. The first-order valence-electron chi connectivity index (χ1n) is 8.70. The van der Waals surface area contributed by atoms with Crippen LogP contribution in [-0.2, 0) is 11.3 Å². The average Bonchev–Trinajstić information content (AvgIpc) is 2.65. The van der Waals surface area contributed by atoms with Crippen molar-refractivity contribution in [2.24, 2.45) is 0 Å². The predicted octanol–water partition coefficient (Wildman–Crippen LogP) is 3.44. The Kier molecular flexibility index (Phi) is 7.57. The number of amides is 2. The molecule has 8 heteroatoms. The van der Waals surface area contributed by atoms with Crippen molar-refractivity contribution < 1.29 is 22.8 Å². The largest absolute Gasteiger partial charge is 0.405 e. The molecule has 2 rings (SSSR count). The van der Waals surface area contributed by atoms with Crippen LogP contribution in [0.2, 0.25) is 0 Å². The molecule has 2 aromatic carbocycles. The Morgan fingerprint density at radius 1 is 1.00 bits per heavy atom. The van der Waals surface area contributed by atoms with E-state index in [0.717, 1.165) is 11.3 Å². The van der Waals surface area contributed by atoms with Crippen molar-refractivity contribution in [1.29, 1.82) is 0 Å². The van der Waals surface area contributed by atoms with Gasteiger partial charge in [0.25, 0.3) is 5.91 Å². The van der Waals surface area contributed by atoms with E-state index in [1.807, 2.05) is 47.6 Å². The van der Waals surface area contributed by atoms with Gasteiger partial charge < -0.3 is 15.5 Å². The van der Waals surface area contributed by atoms with Crippen molar-refractivity contribution in [1.82, 2.24) is 10.2 Å². The Bertz CT molecular complexity index is 778. The first kappa shape index (κ1) is 21.4. The summed E-state index contributed by atoms with van der Waals surface area (Å²) >= 11 is 0. The summed E-state index contributed by atoms with van der Waals surface area (Å²) in [5, 5.41) is 4.65. The number of hydrogen-bond donors (Lipinski definition) is 2. The van der Waals surface area contributed by atoms with Gasteiger partial charge in [-0.1, -0.05) is 30.3 Å². The molecule has 0 fully saturated rings. The van der Waals surface area contributed by atoms with Gasteiger partial charge in [-0.15, -0.1) is 0 Å². The smallest absolute Gasteiger partial charge is 0.343 e. The Hall–Kier alpha value is -2.87. The van der Waals surface area contributed by atoms with E-state index in [1.54, 1.807) is 12.1 Å². The van der Waals surface area contributed by atoms with Gasteiger partial charge in [-0.05, 0) is 36.9 Å². The first-order chi connectivity index (χ1) is 13.2. The number of nitrogens with zero attached hydrogens (tertiary/aromatic N) is 1. The van der Waals surface area contributed by atoms with Crippen LogP contribution in [0.3, 0.4) is 0 Å². The molecule has 0 aliphatic carbocycles. The molecule has 2 amide bonds. The van der Waals surface area contributed by atoms with Crippen molar-refractivity contribution >= 4 is 17.5 Å². The second kappa shape index (κ2) is 9.89. The fraction of sp³-hybridized carbons (Fsp3) is 0.300. The van der Waals surface area contributed by atoms with Crippen molar-refractivity contribution in [3.05, 3.63) is 65.7 Å². The molecule has 0 aliphatic heterocycles. The maximum absolute atomic E-state index is 12.1. The summed E-state index contributed by atoms with van der Waals surface area (Å²) in [6, 6.07) is 15.5. The number of para-hydroxylation sites is 1. The maximum Gasteiger partial charge on any atom is 0.405 e. The van der Waals surface area contributed by atoms with Gasteiger partial charge in [0.05, 0.1) is 0 Å². The summed E-state index contributed by atoms with van der Waals surface area (Å²) < 4.78 is 36.4. The lowest BCUT2D eigenvalue weighted by molar-refractivity contribution is -0.123. The minimum Gasteiger partial charge on any atom is -0.343 e. The monoisotopic (exact) mass is 393 g/mol. The highest BCUT2D eigenvalue weighted by Crippen LogP contribution is 2.13.